The highest BCUT2D eigenvalue weighted by Gasteiger charge is 2.23. The zero-order chi connectivity index (χ0) is 24.4. The second kappa shape index (κ2) is 10.5. The van der Waals surface area contributed by atoms with Gasteiger partial charge in [0.25, 0.3) is 6.43 Å². The summed E-state index contributed by atoms with van der Waals surface area (Å²) in [5.41, 5.74) is 4.67. The molecular formula is C21H22F2IN8PS. The molecule has 0 aliphatic heterocycles. The molecule has 0 spiro atoms. The molecule has 34 heavy (non-hydrogen) atoms. The van der Waals surface area contributed by atoms with Gasteiger partial charge in [0.2, 0.25) is 0 Å². The molecule has 0 fully saturated rings. The van der Waals surface area contributed by atoms with Gasteiger partial charge in [0.15, 0.2) is 11.5 Å². The van der Waals surface area contributed by atoms with Gasteiger partial charge in [-0.2, -0.15) is 0 Å². The normalized spacial score (nSPS) is 11.6. The van der Waals surface area contributed by atoms with Crippen LogP contribution in [0.15, 0.2) is 36.5 Å². The van der Waals surface area contributed by atoms with E-state index < -0.39 is 6.43 Å². The Hall–Kier alpha value is -2.31. The SMILES string of the molecule is CSN(C)c1ccccc1Nc1cc(Nc2cnc(C)c(C)n2)nc2c1nc(C(F)F)n2PI. The van der Waals surface area contributed by atoms with Gasteiger partial charge in [0.05, 0.1) is 41.0 Å². The summed E-state index contributed by atoms with van der Waals surface area (Å²) >= 11 is 3.62. The Morgan fingerprint density at radius 2 is 1.82 bits per heavy atom. The van der Waals surface area contributed by atoms with Crippen molar-refractivity contribution in [3.63, 3.8) is 0 Å². The van der Waals surface area contributed by atoms with Gasteiger partial charge >= 0.3 is 0 Å². The lowest BCUT2D eigenvalue weighted by molar-refractivity contribution is 0.140. The Morgan fingerprint density at radius 3 is 2.50 bits per heavy atom. The molecule has 4 aromatic rings. The van der Waals surface area contributed by atoms with Crippen molar-refractivity contribution >= 4 is 80.2 Å². The summed E-state index contributed by atoms with van der Waals surface area (Å²) < 4.78 is 31.0. The topological polar surface area (TPSA) is 83.8 Å². The van der Waals surface area contributed by atoms with E-state index >= 15 is 0 Å². The third-order valence-electron chi connectivity index (χ3n) is 5.16. The first-order valence-electron chi connectivity index (χ1n) is 10.1. The molecule has 0 bridgehead atoms. The van der Waals surface area contributed by atoms with Gasteiger partial charge in [-0.3, -0.25) is 9.32 Å². The number of fused-ring (bicyclic) bond motifs is 1. The molecule has 0 aliphatic rings. The summed E-state index contributed by atoms with van der Waals surface area (Å²) in [5.74, 6) is 0.649. The fourth-order valence-corrected chi connectivity index (χ4v) is 5.54. The monoisotopic (exact) mass is 614 g/mol. The lowest BCUT2D eigenvalue weighted by Crippen LogP contribution is -2.08. The summed E-state index contributed by atoms with van der Waals surface area (Å²) in [6.07, 6.45) is 0.879. The maximum Gasteiger partial charge on any atom is 0.295 e. The van der Waals surface area contributed by atoms with Crippen LogP contribution in [0.5, 0.6) is 0 Å². The quantitative estimate of drug-likeness (QED) is 0.128. The van der Waals surface area contributed by atoms with E-state index in [9.17, 15) is 8.78 Å². The Kier molecular flexibility index (Phi) is 7.68. The predicted octanol–water partition coefficient (Wildman–Crippen LogP) is 6.77. The average Bonchev–Trinajstić information content (AvgIpc) is 3.20. The van der Waals surface area contributed by atoms with E-state index in [0.29, 0.717) is 28.5 Å². The highest BCUT2D eigenvalue weighted by molar-refractivity contribution is 14.2. The van der Waals surface area contributed by atoms with Gasteiger partial charge < -0.3 is 14.9 Å². The largest absolute Gasteiger partial charge is 0.352 e. The molecule has 0 radical (unpaired) electrons. The molecule has 8 nitrogen and oxygen atoms in total. The van der Waals surface area contributed by atoms with E-state index in [1.807, 2.05) is 55.7 Å². The number of hydrogen-bond donors (Lipinski definition) is 2. The van der Waals surface area contributed by atoms with Crippen LogP contribution in [0.3, 0.4) is 0 Å². The number of aromatic nitrogens is 5. The highest BCUT2D eigenvalue weighted by Crippen LogP contribution is 2.39. The van der Waals surface area contributed by atoms with Crippen LogP contribution in [0.25, 0.3) is 11.2 Å². The number of nitrogens with zero attached hydrogens (tertiary/aromatic N) is 6. The summed E-state index contributed by atoms with van der Waals surface area (Å²) in [5, 5.41) is 6.55. The summed E-state index contributed by atoms with van der Waals surface area (Å²) in [6, 6.07) is 9.52. The van der Waals surface area contributed by atoms with Crippen molar-refractivity contribution in [2.24, 2.45) is 0 Å². The smallest absolute Gasteiger partial charge is 0.295 e. The van der Waals surface area contributed by atoms with Crippen LogP contribution in [-0.4, -0.2) is 37.6 Å². The lowest BCUT2D eigenvalue weighted by atomic mass is 10.2. The molecule has 0 saturated heterocycles. The Bertz CT molecular complexity index is 1340. The minimum atomic E-state index is -2.72. The fraction of sp³-hybridized carbons (Fsp3) is 0.238. The van der Waals surface area contributed by atoms with Crippen molar-refractivity contribution in [3.8, 4) is 0 Å². The van der Waals surface area contributed by atoms with Crippen molar-refractivity contribution in [1.82, 2.24) is 24.3 Å². The molecule has 2 N–H and O–H groups in total. The van der Waals surface area contributed by atoms with Crippen LogP contribution in [0.4, 0.5) is 37.5 Å². The number of alkyl halides is 2. The standard InChI is InChI=1S/C21H22F2IN8PS/c1-11-12(2)26-17(10-25-11)28-16-9-14(27-13-7-5-6-8-15(13)31(3)34-4)18-20(29-16)32(33-24)21(30-18)19(22)23/h5-10,19,33H,1-4H3,(H2,26,27,28,29). The first kappa shape index (κ1) is 24.8. The first-order valence-corrected chi connectivity index (χ1v) is 15.4. The van der Waals surface area contributed by atoms with Crippen LogP contribution >= 0.6 is 40.4 Å². The average molecular weight is 614 g/mol. The molecule has 0 amide bonds. The number of anilines is 5. The van der Waals surface area contributed by atoms with Gasteiger partial charge in [0, 0.05) is 19.4 Å². The van der Waals surface area contributed by atoms with E-state index in [4.69, 9.17) is 0 Å². The molecule has 0 saturated carbocycles. The number of nitrogens with one attached hydrogen (secondary N) is 2. The van der Waals surface area contributed by atoms with Gasteiger partial charge in [0.1, 0.15) is 17.2 Å². The second-order valence-corrected chi connectivity index (χ2v) is 10.3. The van der Waals surface area contributed by atoms with Gasteiger partial charge in [-0.05, 0) is 48.0 Å². The molecule has 178 valence electrons. The van der Waals surface area contributed by atoms with Crippen LogP contribution in [0.1, 0.15) is 23.6 Å². The number of para-hydroxylation sites is 2. The Balaban J connectivity index is 1.86. The van der Waals surface area contributed by atoms with Crippen LogP contribution in [0.2, 0.25) is 0 Å². The second-order valence-electron chi connectivity index (χ2n) is 7.29. The van der Waals surface area contributed by atoms with Crippen LogP contribution in [-0.2, 0) is 0 Å². The molecule has 3 heterocycles. The molecular weight excluding hydrogens is 592 g/mol. The van der Waals surface area contributed by atoms with Gasteiger partial charge in [-0.25, -0.2) is 23.7 Å². The third kappa shape index (κ3) is 5.03. The Morgan fingerprint density at radius 1 is 1.06 bits per heavy atom. The molecule has 3 aromatic heterocycles. The number of pyridine rings is 1. The van der Waals surface area contributed by atoms with Crippen LogP contribution in [0, 0.1) is 13.8 Å². The number of aryl methyl sites for hydroxylation is 2. The predicted molar refractivity (Wildman–Crippen MR) is 147 cm³/mol. The number of halogens is 3. The molecule has 1 aromatic carbocycles. The van der Waals surface area contributed by atoms with E-state index in [1.54, 1.807) is 24.2 Å². The van der Waals surface area contributed by atoms with Crippen LogP contribution < -0.4 is 14.9 Å². The molecule has 1 unspecified atom stereocenters. The van der Waals surface area contributed by atoms with Gasteiger partial charge in [-0.15, -0.1) is 0 Å². The van der Waals surface area contributed by atoms with Crippen molar-refractivity contribution in [2.75, 3.05) is 28.2 Å². The zero-order valence-electron chi connectivity index (χ0n) is 18.8. The zero-order valence-corrected chi connectivity index (χ0v) is 22.7. The summed E-state index contributed by atoms with van der Waals surface area (Å²) in [7, 11) is 1.96. The van der Waals surface area contributed by atoms with E-state index in [-0.39, 0.29) is 12.2 Å². The summed E-state index contributed by atoms with van der Waals surface area (Å²) in [4.78, 5) is 17.7. The fourth-order valence-electron chi connectivity index (χ4n) is 3.28. The number of imidazole rings is 1. The van der Waals surface area contributed by atoms with E-state index in [0.717, 1.165) is 22.8 Å². The lowest BCUT2D eigenvalue weighted by Gasteiger charge is -2.20. The maximum atomic E-state index is 13.8. The first-order chi connectivity index (χ1) is 16.3. The third-order valence-corrected chi connectivity index (χ3v) is 7.96. The van der Waals surface area contributed by atoms with E-state index in [2.05, 4.69) is 52.6 Å². The molecule has 1 atom stereocenters. The maximum absolute atomic E-state index is 13.8. The number of benzene rings is 1. The van der Waals surface area contributed by atoms with Crippen molar-refractivity contribution in [2.45, 2.75) is 20.3 Å². The van der Waals surface area contributed by atoms with Crippen molar-refractivity contribution < 1.29 is 8.78 Å². The number of rotatable bonds is 8. The van der Waals surface area contributed by atoms with Crippen molar-refractivity contribution in [1.29, 1.82) is 0 Å². The minimum absolute atomic E-state index is 0.00495. The number of hydrogen-bond acceptors (Lipinski definition) is 8. The van der Waals surface area contributed by atoms with Crippen molar-refractivity contribution in [3.05, 3.63) is 53.7 Å². The summed E-state index contributed by atoms with van der Waals surface area (Å²) in [6.45, 7) is 3.75. The molecule has 4 rings (SSSR count). The molecule has 13 heteroatoms. The minimum Gasteiger partial charge on any atom is -0.352 e. The van der Waals surface area contributed by atoms with E-state index in [1.165, 1.54) is 4.34 Å². The highest BCUT2D eigenvalue weighted by atomic mass is 127. The van der Waals surface area contributed by atoms with Gasteiger partial charge in [-0.1, -0.05) is 24.1 Å². The Labute approximate surface area is 214 Å². The molecule has 0 aliphatic carbocycles.